The summed E-state index contributed by atoms with van der Waals surface area (Å²) in [6, 6.07) is 20.6. The molecule has 2 aromatic rings. The molecule has 0 atom stereocenters. The first-order chi connectivity index (χ1) is 11.2. The molecule has 0 amide bonds. The number of hydrogen-bond donors (Lipinski definition) is 0. The highest BCUT2D eigenvalue weighted by Gasteiger charge is 2.15. The summed E-state index contributed by atoms with van der Waals surface area (Å²) in [6.45, 7) is 0. The van der Waals surface area contributed by atoms with Gasteiger partial charge in [0.1, 0.15) is 11.2 Å². The molecule has 4 nitrogen and oxygen atoms in total. The van der Waals surface area contributed by atoms with E-state index in [0.29, 0.717) is 22.7 Å². The first kappa shape index (κ1) is 13.5. The Kier molecular flexibility index (Phi) is 3.08. The first-order valence-corrected chi connectivity index (χ1v) is 7.35. The van der Waals surface area contributed by atoms with Gasteiger partial charge in [0.05, 0.1) is 5.69 Å². The number of nitrogens with zero attached hydrogens (tertiary/aromatic N) is 2. The van der Waals surface area contributed by atoms with Crippen LogP contribution in [0.1, 0.15) is 0 Å². The lowest BCUT2D eigenvalue weighted by molar-refractivity contribution is 0.612. The van der Waals surface area contributed by atoms with E-state index in [9.17, 15) is 4.79 Å². The lowest BCUT2D eigenvalue weighted by Crippen LogP contribution is -2.18. The normalized spacial score (nSPS) is 11.0. The second-order valence-corrected chi connectivity index (χ2v) is 5.36. The van der Waals surface area contributed by atoms with Gasteiger partial charge in [-0.25, -0.2) is 4.98 Å². The summed E-state index contributed by atoms with van der Waals surface area (Å²) < 4.78 is 5.79. The van der Waals surface area contributed by atoms with Gasteiger partial charge in [0, 0.05) is 18.8 Å². The molecule has 112 valence electrons. The Labute approximate surface area is 133 Å². The van der Waals surface area contributed by atoms with Crippen molar-refractivity contribution in [3.05, 3.63) is 77.0 Å². The fourth-order valence-corrected chi connectivity index (χ4v) is 2.64. The quantitative estimate of drug-likeness (QED) is 0.524. The SMILES string of the molecule is CN(c1ccccc1)c1cc2nc3ccccc3oc-2cc1=O. The van der Waals surface area contributed by atoms with E-state index in [1.54, 1.807) is 6.07 Å². The van der Waals surface area contributed by atoms with Gasteiger partial charge in [-0.1, -0.05) is 30.3 Å². The maximum absolute atomic E-state index is 12.5. The lowest BCUT2D eigenvalue weighted by atomic mass is 10.1. The maximum atomic E-state index is 12.5. The first-order valence-electron chi connectivity index (χ1n) is 7.35. The van der Waals surface area contributed by atoms with Crippen LogP contribution in [-0.4, -0.2) is 12.0 Å². The van der Waals surface area contributed by atoms with E-state index in [1.165, 1.54) is 6.07 Å². The molecule has 0 saturated heterocycles. The predicted molar refractivity (Wildman–Crippen MR) is 91.4 cm³/mol. The van der Waals surface area contributed by atoms with Crippen LogP contribution < -0.4 is 10.3 Å². The zero-order valence-electron chi connectivity index (χ0n) is 12.6. The number of para-hydroxylation sites is 3. The highest BCUT2D eigenvalue weighted by Crippen LogP contribution is 2.28. The van der Waals surface area contributed by atoms with Crippen molar-refractivity contribution >= 4 is 22.5 Å². The third kappa shape index (κ3) is 2.34. The Balaban J connectivity index is 1.91. The molecule has 1 aliphatic carbocycles. The van der Waals surface area contributed by atoms with Crippen LogP contribution in [-0.2, 0) is 0 Å². The Morgan fingerprint density at radius 1 is 0.957 bits per heavy atom. The molecule has 4 heteroatoms. The minimum atomic E-state index is -0.0929. The Morgan fingerprint density at radius 3 is 2.52 bits per heavy atom. The van der Waals surface area contributed by atoms with Gasteiger partial charge in [-0.3, -0.25) is 4.79 Å². The number of aromatic nitrogens is 1. The molecule has 1 heterocycles. The van der Waals surface area contributed by atoms with E-state index >= 15 is 0 Å². The fourth-order valence-electron chi connectivity index (χ4n) is 2.64. The minimum Gasteiger partial charge on any atom is -0.453 e. The second kappa shape index (κ2) is 5.25. The van der Waals surface area contributed by atoms with E-state index in [0.717, 1.165) is 11.2 Å². The van der Waals surface area contributed by atoms with Crippen LogP contribution in [0.5, 0.6) is 0 Å². The Bertz CT molecular complexity index is 1010. The standard InChI is InChI=1S/C19H14N2O2/c1-21(13-7-3-2-4-8-13)16-11-15-19(12-17(16)22)23-18-10-6-5-9-14(18)20-15/h2-12H,1H3. The second-order valence-electron chi connectivity index (χ2n) is 5.36. The van der Waals surface area contributed by atoms with Crippen molar-refractivity contribution in [2.45, 2.75) is 0 Å². The molecule has 0 aromatic heterocycles. The summed E-state index contributed by atoms with van der Waals surface area (Å²) in [5.41, 5.74) is 3.53. The molecule has 23 heavy (non-hydrogen) atoms. The Hall–Kier alpha value is -3.14. The third-order valence-electron chi connectivity index (χ3n) is 3.87. The maximum Gasteiger partial charge on any atom is 0.206 e. The van der Waals surface area contributed by atoms with Crippen molar-refractivity contribution < 1.29 is 4.42 Å². The average Bonchev–Trinajstić information content (AvgIpc) is 2.59. The van der Waals surface area contributed by atoms with E-state index < -0.39 is 0 Å². The van der Waals surface area contributed by atoms with Crippen LogP contribution in [0.2, 0.25) is 0 Å². The Morgan fingerprint density at radius 2 is 1.70 bits per heavy atom. The molecule has 0 radical (unpaired) electrons. The molecule has 0 unspecified atom stereocenters. The molecule has 0 N–H and O–H groups in total. The van der Waals surface area contributed by atoms with Crippen molar-refractivity contribution in [2.75, 3.05) is 11.9 Å². The van der Waals surface area contributed by atoms with E-state index in [2.05, 4.69) is 4.98 Å². The van der Waals surface area contributed by atoms with Gasteiger partial charge in [-0.2, -0.15) is 0 Å². The zero-order valence-corrected chi connectivity index (χ0v) is 12.6. The van der Waals surface area contributed by atoms with Crippen LogP contribution >= 0.6 is 0 Å². The van der Waals surface area contributed by atoms with Crippen molar-refractivity contribution in [2.24, 2.45) is 0 Å². The van der Waals surface area contributed by atoms with Gasteiger partial charge in [-0.15, -0.1) is 0 Å². The highest BCUT2D eigenvalue weighted by atomic mass is 16.3. The minimum absolute atomic E-state index is 0.0929. The summed E-state index contributed by atoms with van der Waals surface area (Å²) in [4.78, 5) is 18.9. The lowest BCUT2D eigenvalue weighted by Gasteiger charge is -2.19. The summed E-state index contributed by atoms with van der Waals surface area (Å²) in [5, 5.41) is 0. The molecular weight excluding hydrogens is 288 g/mol. The van der Waals surface area contributed by atoms with Crippen LogP contribution in [0, 0.1) is 0 Å². The smallest absolute Gasteiger partial charge is 0.206 e. The highest BCUT2D eigenvalue weighted by molar-refractivity contribution is 5.78. The van der Waals surface area contributed by atoms with Crippen molar-refractivity contribution in [3.8, 4) is 11.5 Å². The van der Waals surface area contributed by atoms with E-state index in [1.807, 2.05) is 66.5 Å². The molecule has 4 rings (SSSR count). The average molecular weight is 302 g/mol. The number of rotatable bonds is 2. The molecule has 1 aliphatic heterocycles. The zero-order chi connectivity index (χ0) is 15.8. The third-order valence-corrected chi connectivity index (χ3v) is 3.87. The molecule has 2 aliphatic rings. The molecule has 0 bridgehead atoms. The van der Waals surface area contributed by atoms with Gasteiger partial charge in [0.15, 0.2) is 11.3 Å². The summed E-state index contributed by atoms with van der Waals surface area (Å²) in [6.07, 6.45) is 0. The van der Waals surface area contributed by atoms with Crippen molar-refractivity contribution in [3.63, 3.8) is 0 Å². The molecule has 0 saturated carbocycles. The number of fused-ring (bicyclic) bond motifs is 2. The van der Waals surface area contributed by atoms with Gasteiger partial charge in [0.25, 0.3) is 0 Å². The van der Waals surface area contributed by atoms with Crippen LogP contribution in [0.4, 0.5) is 11.4 Å². The fraction of sp³-hybridized carbons (Fsp3) is 0.0526. The van der Waals surface area contributed by atoms with Crippen molar-refractivity contribution in [1.82, 2.24) is 4.98 Å². The van der Waals surface area contributed by atoms with Crippen molar-refractivity contribution in [1.29, 1.82) is 0 Å². The topological polar surface area (TPSA) is 46.3 Å². The summed E-state index contributed by atoms with van der Waals surface area (Å²) in [7, 11) is 1.87. The van der Waals surface area contributed by atoms with Gasteiger partial charge < -0.3 is 9.32 Å². The summed E-state index contributed by atoms with van der Waals surface area (Å²) in [5.74, 6) is 0.499. The number of anilines is 2. The van der Waals surface area contributed by atoms with Gasteiger partial charge in [0.2, 0.25) is 5.43 Å². The molecule has 2 aromatic carbocycles. The largest absolute Gasteiger partial charge is 0.453 e. The van der Waals surface area contributed by atoms with Crippen LogP contribution in [0.25, 0.3) is 22.6 Å². The summed E-state index contributed by atoms with van der Waals surface area (Å²) >= 11 is 0. The van der Waals surface area contributed by atoms with Crippen LogP contribution in [0.15, 0.2) is 75.9 Å². The molecular formula is C19H14N2O2. The molecule has 0 spiro atoms. The monoisotopic (exact) mass is 302 g/mol. The van der Waals surface area contributed by atoms with E-state index in [4.69, 9.17) is 4.42 Å². The molecule has 0 fully saturated rings. The number of benzene rings is 3. The predicted octanol–water partition coefficient (Wildman–Crippen LogP) is 4.06. The van der Waals surface area contributed by atoms with Gasteiger partial charge in [-0.05, 0) is 30.3 Å². The van der Waals surface area contributed by atoms with Gasteiger partial charge >= 0.3 is 0 Å². The van der Waals surface area contributed by atoms with Crippen LogP contribution in [0.3, 0.4) is 0 Å². The van der Waals surface area contributed by atoms with E-state index in [-0.39, 0.29) is 5.43 Å². The number of hydrogen-bond acceptors (Lipinski definition) is 4.